The van der Waals surface area contributed by atoms with E-state index in [1.807, 2.05) is 39.0 Å². The molecule has 3 aromatic carbocycles. The number of amides is 1. The highest BCUT2D eigenvalue weighted by atomic mass is 32.2. The number of hydrogen-bond acceptors (Lipinski definition) is 5. The fraction of sp³-hybridized carbons (Fsp3) is 0.208. The largest absolute Gasteiger partial charge is 0.494 e. The van der Waals surface area contributed by atoms with Gasteiger partial charge in [0.2, 0.25) is 0 Å². The molecule has 0 bridgehead atoms. The van der Waals surface area contributed by atoms with Crippen molar-refractivity contribution in [2.24, 2.45) is 0 Å². The van der Waals surface area contributed by atoms with Crippen LogP contribution >= 0.6 is 0 Å². The lowest BCUT2D eigenvalue weighted by molar-refractivity contribution is -0.118. The predicted octanol–water partition coefficient (Wildman–Crippen LogP) is 4.52. The van der Waals surface area contributed by atoms with Gasteiger partial charge in [0, 0.05) is 11.4 Å². The van der Waals surface area contributed by atoms with Crippen LogP contribution in [-0.4, -0.2) is 27.5 Å². The molecular weight excluding hydrogens is 428 g/mol. The second-order valence-corrected chi connectivity index (χ2v) is 8.85. The van der Waals surface area contributed by atoms with Crippen molar-refractivity contribution in [3.8, 4) is 11.5 Å². The van der Waals surface area contributed by atoms with Gasteiger partial charge >= 0.3 is 0 Å². The molecule has 0 aliphatic heterocycles. The molecule has 168 valence electrons. The van der Waals surface area contributed by atoms with Gasteiger partial charge in [0.25, 0.3) is 15.9 Å². The average Bonchev–Trinajstić information content (AvgIpc) is 2.76. The van der Waals surface area contributed by atoms with Crippen molar-refractivity contribution in [3.63, 3.8) is 0 Å². The number of anilines is 2. The molecule has 0 aliphatic rings. The van der Waals surface area contributed by atoms with E-state index in [0.29, 0.717) is 29.5 Å². The van der Waals surface area contributed by atoms with Gasteiger partial charge in [-0.2, -0.15) is 0 Å². The molecule has 3 rings (SSSR count). The van der Waals surface area contributed by atoms with E-state index in [1.165, 1.54) is 24.3 Å². The molecule has 0 saturated carbocycles. The van der Waals surface area contributed by atoms with Crippen molar-refractivity contribution in [3.05, 3.63) is 77.9 Å². The standard InChI is InChI=1S/C24H26N2O5S/c1-4-30-21-9-7-19(8-10-21)26-32(28,29)23-13-11-22(12-14-23)31-16-24(27)25-20-6-5-17(2)18(3)15-20/h5-15,26H,4,16H2,1-3H3,(H,25,27). The van der Waals surface area contributed by atoms with Gasteiger partial charge in [-0.25, -0.2) is 8.42 Å². The number of aryl methyl sites for hydroxylation is 2. The number of rotatable bonds is 9. The zero-order valence-corrected chi connectivity index (χ0v) is 19.0. The Morgan fingerprint density at radius 2 is 1.41 bits per heavy atom. The topological polar surface area (TPSA) is 93.7 Å². The molecule has 0 saturated heterocycles. The maximum atomic E-state index is 12.6. The molecule has 32 heavy (non-hydrogen) atoms. The molecule has 0 spiro atoms. The molecule has 1 amide bonds. The summed E-state index contributed by atoms with van der Waals surface area (Å²) in [5, 5.41) is 2.78. The van der Waals surface area contributed by atoms with Crippen molar-refractivity contribution < 1.29 is 22.7 Å². The molecule has 0 heterocycles. The molecule has 8 heteroatoms. The number of sulfonamides is 1. The molecule has 3 aromatic rings. The summed E-state index contributed by atoms with van der Waals surface area (Å²) in [7, 11) is -3.76. The van der Waals surface area contributed by atoms with Crippen LogP contribution in [0.2, 0.25) is 0 Å². The summed E-state index contributed by atoms with van der Waals surface area (Å²) < 4.78 is 38.5. The van der Waals surface area contributed by atoms with Crippen molar-refractivity contribution in [2.75, 3.05) is 23.3 Å². The van der Waals surface area contributed by atoms with Crippen LogP contribution in [0.1, 0.15) is 18.1 Å². The quantitative estimate of drug-likeness (QED) is 0.496. The summed E-state index contributed by atoms with van der Waals surface area (Å²) >= 11 is 0. The summed E-state index contributed by atoms with van der Waals surface area (Å²) in [6, 6.07) is 18.2. The van der Waals surface area contributed by atoms with E-state index in [9.17, 15) is 13.2 Å². The normalized spacial score (nSPS) is 11.0. The van der Waals surface area contributed by atoms with E-state index in [-0.39, 0.29) is 17.4 Å². The van der Waals surface area contributed by atoms with Crippen LogP contribution < -0.4 is 19.5 Å². The fourth-order valence-electron chi connectivity index (χ4n) is 2.88. The first-order valence-corrected chi connectivity index (χ1v) is 11.6. The van der Waals surface area contributed by atoms with E-state index in [0.717, 1.165) is 11.1 Å². The Morgan fingerprint density at radius 3 is 2.03 bits per heavy atom. The second-order valence-electron chi connectivity index (χ2n) is 7.17. The predicted molar refractivity (Wildman–Crippen MR) is 125 cm³/mol. The van der Waals surface area contributed by atoms with Crippen LogP contribution in [0.25, 0.3) is 0 Å². The lowest BCUT2D eigenvalue weighted by Gasteiger charge is -2.11. The third kappa shape index (κ3) is 6.24. The minimum Gasteiger partial charge on any atom is -0.494 e. The van der Waals surface area contributed by atoms with Gasteiger partial charge in [0.05, 0.1) is 11.5 Å². The van der Waals surface area contributed by atoms with Crippen LogP contribution in [-0.2, 0) is 14.8 Å². The highest BCUT2D eigenvalue weighted by Gasteiger charge is 2.14. The zero-order valence-electron chi connectivity index (χ0n) is 18.2. The van der Waals surface area contributed by atoms with Gasteiger partial charge in [-0.1, -0.05) is 6.07 Å². The summed E-state index contributed by atoms with van der Waals surface area (Å²) in [5.41, 5.74) is 3.35. The highest BCUT2D eigenvalue weighted by molar-refractivity contribution is 7.92. The molecule has 0 fully saturated rings. The Morgan fingerprint density at radius 1 is 0.812 bits per heavy atom. The number of benzene rings is 3. The lowest BCUT2D eigenvalue weighted by Crippen LogP contribution is -2.20. The molecular formula is C24H26N2O5S. The van der Waals surface area contributed by atoms with E-state index >= 15 is 0 Å². The Hall–Kier alpha value is -3.52. The summed E-state index contributed by atoms with van der Waals surface area (Å²) in [4.78, 5) is 12.2. The van der Waals surface area contributed by atoms with Gasteiger partial charge < -0.3 is 14.8 Å². The number of carbonyl (C=O) groups excluding carboxylic acids is 1. The van der Waals surface area contributed by atoms with Crippen LogP contribution in [0.4, 0.5) is 11.4 Å². The summed E-state index contributed by atoms with van der Waals surface area (Å²) in [6.07, 6.45) is 0. The van der Waals surface area contributed by atoms with Crippen molar-refractivity contribution in [1.29, 1.82) is 0 Å². The van der Waals surface area contributed by atoms with Gasteiger partial charge in [-0.15, -0.1) is 0 Å². The van der Waals surface area contributed by atoms with Crippen LogP contribution in [0.15, 0.2) is 71.6 Å². The third-order valence-electron chi connectivity index (χ3n) is 4.71. The van der Waals surface area contributed by atoms with Gasteiger partial charge in [0.15, 0.2) is 6.61 Å². The Bertz CT molecular complexity index is 1170. The number of ether oxygens (including phenoxy) is 2. The first kappa shape index (κ1) is 23.1. The average molecular weight is 455 g/mol. The van der Waals surface area contributed by atoms with Crippen LogP contribution in [0, 0.1) is 13.8 Å². The first-order valence-electron chi connectivity index (χ1n) is 10.1. The molecule has 0 unspecified atom stereocenters. The number of hydrogen-bond donors (Lipinski definition) is 2. The smallest absolute Gasteiger partial charge is 0.262 e. The summed E-state index contributed by atoms with van der Waals surface area (Å²) in [5.74, 6) is 0.751. The Kier molecular flexibility index (Phi) is 7.37. The van der Waals surface area contributed by atoms with Gasteiger partial charge in [-0.05, 0) is 92.6 Å². The highest BCUT2D eigenvalue weighted by Crippen LogP contribution is 2.21. The van der Waals surface area contributed by atoms with Crippen molar-refractivity contribution in [1.82, 2.24) is 0 Å². The monoisotopic (exact) mass is 454 g/mol. The molecule has 0 radical (unpaired) electrons. The number of carbonyl (C=O) groups is 1. The fourth-order valence-corrected chi connectivity index (χ4v) is 3.94. The zero-order chi connectivity index (χ0) is 23.1. The van der Waals surface area contributed by atoms with Gasteiger partial charge in [-0.3, -0.25) is 9.52 Å². The van der Waals surface area contributed by atoms with Crippen molar-refractivity contribution >= 4 is 27.3 Å². The molecule has 7 nitrogen and oxygen atoms in total. The Balaban J connectivity index is 1.56. The van der Waals surface area contributed by atoms with Gasteiger partial charge in [0.1, 0.15) is 11.5 Å². The second kappa shape index (κ2) is 10.2. The minimum atomic E-state index is -3.76. The van der Waals surface area contributed by atoms with E-state index in [2.05, 4.69) is 10.0 Å². The van der Waals surface area contributed by atoms with E-state index in [1.54, 1.807) is 24.3 Å². The van der Waals surface area contributed by atoms with E-state index < -0.39 is 10.0 Å². The molecule has 0 atom stereocenters. The minimum absolute atomic E-state index is 0.0818. The third-order valence-corrected chi connectivity index (χ3v) is 6.11. The molecule has 2 N–H and O–H groups in total. The maximum absolute atomic E-state index is 12.6. The molecule has 0 aliphatic carbocycles. The van der Waals surface area contributed by atoms with Crippen LogP contribution in [0.3, 0.4) is 0 Å². The van der Waals surface area contributed by atoms with E-state index in [4.69, 9.17) is 9.47 Å². The SMILES string of the molecule is CCOc1ccc(NS(=O)(=O)c2ccc(OCC(=O)Nc3ccc(C)c(C)c3)cc2)cc1. The van der Waals surface area contributed by atoms with Crippen LogP contribution in [0.5, 0.6) is 11.5 Å². The van der Waals surface area contributed by atoms with Crippen molar-refractivity contribution in [2.45, 2.75) is 25.7 Å². The number of nitrogens with one attached hydrogen (secondary N) is 2. The first-order chi connectivity index (χ1) is 15.3. The molecule has 0 aromatic heterocycles. The lowest BCUT2D eigenvalue weighted by atomic mass is 10.1. The maximum Gasteiger partial charge on any atom is 0.262 e. The summed E-state index contributed by atoms with van der Waals surface area (Å²) in [6.45, 7) is 6.20. The Labute approximate surface area is 188 Å².